The zero-order chi connectivity index (χ0) is 15.0. The fraction of sp³-hybridized carbons (Fsp3) is 0.353. The molecular formula is C17H18ClNO2. The van der Waals surface area contributed by atoms with Gasteiger partial charge in [-0.1, -0.05) is 17.7 Å². The maximum atomic E-state index is 10.5. The largest absolute Gasteiger partial charge is 0.493 e. The minimum Gasteiger partial charge on any atom is -0.493 e. The van der Waals surface area contributed by atoms with Crippen molar-refractivity contribution in [3.63, 3.8) is 0 Å². The highest BCUT2D eigenvalue weighted by molar-refractivity contribution is 6.30. The van der Waals surface area contributed by atoms with E-state index in [1.807, 2.05) is 38.1 Å². The number of rotatable bonds is 3. The second-order valence-electron chi connectivity index (χ2n) is 5.50. The molecule has 1 aromatic carbocycles. The van der Waals surface area contributed by atoms with E-state index >= 15 is 0 Å². The molecule has 1 aliphatic rings. The second kappa shape index (κ2) is 5.66. The molecule has 1 atom stereocenters. The maximum absolute atomic E-state index is 10.5. The van der Waals surface area contributed by atoms with Crippen molar-refractivity contribution < 1.29 is 9.84 Å². The Morgan fingerprint density at radius 2 is 2.14 bits per heavy atom. The molecular weight excluding hydrogens is 286 g/mol. The van der Waals surface area contributed by atoms with Gasteiger partial charge in [-0.3, -0.25) is 4.98 Å². The van der Waals surface area contributed by atoms with Crippen LogP contribution < -0.4 is 4.74 Å². The molecule has 0 saturated carbocycles. The van der Waals surface area contributed by atoms with Gasteiger partial charge in [0.1, 0.15) is 5.75 Å². The predicted octanol–water partition coefficient (Wildman–Crippen LogP) is 3.56. The standard InChI is InChI=1S/C17H18ClNO2/c1-10-3-4-15(11(2)19-10)16(20)9-13-8-14(18)7-12-5-6-21-17(12)13/h3-4,7-8,16,20H,5-6,9H2,1-2H3. The van der Waals surface area contributed by atoms with Crippen LogP contribution in [0.4, 0.5) is 0 Å². The Morgan fingerprint density at radius 3 is 2.90 bits per heavy atom. The van der Waals surface area contributed by atoms with Gasteiger partial charge < -0.3 is 9.84 Å². The summed E-state index contributed by atoms with van der Waals surface area (Å²) in [5.74, 6) is 0.885. The zero-order valence-corrected chi connectivity index (χ0v) is 12.9. The van der Waals surface area contributed by atoms with Crippen LogP contribution in [0.2, 0.25) is 5.02 Å². The lowest BCUT2D eigenvalue weighted by atomic mass is 9.98. The third-order valence-electron chi connectivity index (χ3n) is 3.86. The lowest BCUT2D eigenvalue weighted by molar-refractivity contribution is 0.176. The molecule has 21 heavy (non-hydrogen) atoms. The van der Waals surface area contributed by atoms with Crippen molar-refractivity contribution in [2.45, 2.75) is 32.8 Å². The van der Waals surface area contributed by atoms with Gasteiger partial charge in [-0.15, -0.1) is 0 Å². The van der Waals surface area contributed by atoms with E-state index in [-0.39, 0.29) is 0 Å². The SMILES string of the molecule is Cc1ccc(C(O)Cc2cc(Cl)cc3c2OCC3)c(C)n1. The highest BCUT2D eigenvalue weighted by atomic mass is 35.5. The van der Waals surface area contributed by atoms with Crippen LogP contribution in [0, 0.1) is 13.8 Å². The van der Waals surface area contributed by atoms with Crippen LogP contribution in [0.25, 0.3) is 0 Å². The third kappa shape index (κ3) is 2.89. The second-order valence-corrected chi connectivity index (χ2v) is 5.94. The molecule has 3 rings (SSSR count). The Bertz CT molecular complexity index is 685. The molecule has 110 valence electrons. The zero-order valence-electron chi connectivity index (χ0n) is 12.2. The number of aryl methyl sites for hydroxylation is 2. The van der Waals surface area contributed by atoms with Gasteiger partial charge in [-0.2, -0.15) is 0 Å². The fourth-order valence-corrected chi connectivity index (χ4v) is 3.13. The van der Waals surface area contributed by atoms with Gasteiger partial charge in [0.15, 0.2) is 0 Å². The quantitative estimate of drug-likeness (QED) is 0.942. The number of fused-ring (bicyclic) bond motifs is 1. The summed E-state index contributed by atoms with van der Waals surface area (Å²) >= 11 is 6.16. The number of aliphatic hydroxyl groups is 1. The number of nitrogens with zero attached hydrogens (tertiary/aromatic N) is 1. The molecule has 0 radical (unpaired) electrons. The summed E-state index contributed by atoms with van der Waals surface area (Å²) in [5, 5.41) is 11.2. The van der Waals surface area contributed by atoms with Crippen molar-refractivity contribution in [1.29, 1.82) is 0 Å². The Hall–Kier alpha value is -1.58. The monoisotopic (exact) mass is 303 g/mol. The topological polar surface area (TPSA) is 42.4 Å². The van der Waals surface area contributed by atoms with E-state index in [0.717, 1.165) is 40.2 Å². The van der Waals surface area contributed by atoms with Crippen LogP contribution >= 0.6 is 11.6 Å². The first kappa shape index (κ1) is 14.4. The Balaban J connectivity index is 1.90. The van der Waals surface area contributed by atoms with E-state index in [1.54, 1.807) is 0 Å². The van der Waals surface area contributed by atoms with Crippen LogP contribution in [0.15, 0.2) is 24.3 Å². The van der Waals surface area contributed by atoms with E-state index in [9.17, 15) is 5.11 Å². The molecule has 1 aromatic heterocycles. The minimum absolute atomic E-state index is 0.481. The molecule has 1 N–H and O–H groups in total. The Kier molecular flexibility index (Phi) is 3.87. The molecule has 4 heteroatoms. The number of ether oxygens (including phenoxy) is 1. The molecule has 2 aromatic rings. The molecule has 0 amide bonds. The summed E-state index contributed by atoms with van der Waals surface area (Å²) in [6.45, 7) is 4.55. The van der Waals surface area contributed by atoms with E-state index in [1.165, 1.54) is 0 Å². The van der Waals surface area contributed by atoms with Gasteiger partial charge in [-0.25, -0.2) is 0 Å². The summed E-state index contributed by atoms with van der Waals surface area (Å²) in [7, 11) is 0. The van der Waals surface area contributed by atoms with Gasteiger partial charge in [-0.05, 0) is 43.2 Å². The van der Waals surface area contributed by atoms with E-state index in [0.29, 0.717) is 18.1 Å². The maximum Gasteiger partial charge on any atom is 0.126 e. The summed E-state index contributed by atoms with van der Waals surface area (Å²) in [5.41, 5.74) is 4.76. The van der Waals surface area contributed by atoms with Crippen molar-refractivity contribution in [3.8, 4) is 5.75 Å². The average molecular weight is 304 g/mol. The first-order valence-corrected chi connectivity index (χ1v) is 7.48. The lowest BCUT2D eigenvalue weighted by Crippen LogP contribution is -2.06. The Labute approximate surface area is 129 Å². The molecule has 3 nitrogen and oxygen atoms in total. The number of aromatic nitrogens is 1. The van der Waals surface area contributed by atoms with Crippen LogP contribution in [-0.2, 0) is 12.8 Å². The average Bonchev–Trinajstić information content (AvgIpc) is 2.86. The van der Waals surface area contributed by atoms with Crippen molar-refractivity contribution in [2.24, 2.45) is 0 Å². The molecule has 0 spiro atoms. The first-order valence-electron chi connectivity index (χ1n) is 7.11. The highest BCUT2D eigenvalue weighted by Crippen LogP contribution is 2.35. The van der Waals surface area contributed by atoms with E-state index < -0.39 is 6.10 Å². The molecule has 0 saturated heterocycles. The lowest BCUT2D eigenvalue weighted by Gasteiger charge is -2.16. The molecule has 0 aliphatic carbocycles. The number of hydrogen-bond donors (Lipinski definition) is 1. The van der Waals surface area contributed by atoms with Crippen molar-refractivity contribution >= 4 is 11.6 Å². The number of aliphatic hydroxyl groups excluding tert-OH is 1. The van der Waals surface area contributed by atoms with Gasteiger partial charge in [0, 0.05) is 34.8 Å². The normalized spacial score (nSPS) is 14.7. The summed E-state index contributed by atoms with van der Waals surface area (Å²) in [6.07, 6.45) is 0.753. The third-order valence-corrected chi connectivity index (χ3v) is 4.08. The van der Waals surface area contributed by atoms with Gasteiger partial charge in [0.05, 0.1) is 12.7 Å². The number of pyridine rings is 1. The van der Waals surface area contributed by atoms with Crippen LogP contribution in [0.5, 0.6) is 5.75 Å². The molecule has 0 fully saturated rings. The van der Waals surface area contributed by atoms with Gasteiger partial charge in [0.25, 0.3) is 0 Å². The number of hydrogen-bond acceptors (Lipinski definition) is 3. The number of benzene rings is 1. The minimum atomic E-state index is -0.607. The summed E-state index contributed by atoms with van der Waals surface area (Å²) < 4.78 is 5.69. The van der Waals surface area contributed by atoms with Gasteiger partial charge >= 0.3 is 0 Å². The van der Waals surface area contributed by atoms with Crippen LogP contribution in [0.3, 0.4) is 0 Å². The predicted molar refractivity (Wildman–Crippen MR) is 83.0 cm³/mol. The summed E-state index contributed by atoms with van der Waals surface area (Å²) in [6, 6.07) is 7.68. The smallest absolute Gasteiger partial charge is 0.126 e. The van der Waals surface area contributed by atoms with E-state index in [4.69, 9.17) is 16.3 Å². The van der Waals surface area contributed by atoms with Crippen LogP contribution in [-0.4, -0.2) is 16.7 Å². The molecule has 1 unspecified atom stereocenters. The Morgan fingerprint density at radius 1 is 1.33 bits per heavy atom. The fourth-order valence-electron chi connectivity index (χ4n) is 2.87. The van der Waals surface area contributed by atoms with E-state index in [2.05, 4.69) is 4.98 Å². The van der Waals surface area contributed by atoms with Gasteiger partial charge in [0.2, 0.25) is 0 Å². The molecule has 0 bridgehead atoms. The molecule has 2 heterocycles. The highest BCUT2D eigenvalue weighted by Gasteiger charge is 2.21. The van der Waals surface area contributed by atoms with Crippen molar-refractivity contribution in [3.05, 3.63) is 57.4 Å². The first-order chi connectivity index (χ1) is 10.0. The van der Waals surface area contributed by atoms with Crippen molar-refractivity contribution in [2.75, 3.05) is 6.61 Å². The summed E-state index contributed by atoms with van der Waals surface area (Å²) in [4.78, 5) is 4.41. The molecule has 1 aliphatic heterocycles. The van der Waals surface area contributed by atoms with Crippen LogP contribution in [0.1, 0.15) is 34.2 Å². The van der Waals surface area contributed by atoms with Crippen molar-refractivity contribution in [1.82, 2.24) is 4.98 Å². The number of halogens is 1.